The molecule has 0 heterocycles. The van der Waals surface area contributed by atoms with Gasteiger partial charge in [-0.15, -0.1) is 0 Å². The van der Waals surface area contributed by atoms with E-state index in [0.717, 1.165) is 31.8 Å². The third-order valence-corrected chi connectivity index (χ3v) is 5.26. The average Bonchev–Trinajstić information content (AvgIpc) is 2.48. The van der Waals surface area contributed by atoms with Crippen molar-refractivity contribution in [2.45, 2.75) is 70.9 Å². The minimum Gasteiger partial charge on any atom is -0.381 e. The maximum Gasteiger partial charge on any atom is 0.0572 e. The number of methoxy groups -OCH3 is 1. The number of hydrogen-bond donors (Lipinski definition) is 1. The Morgan fingerprint density at radius 3 is 2.16 bits per heavy atom. The Morgan fingerprint density at radius 2 is 1.79 bits per heavy atom. The highest BCUT2D eigenvalue weighted by atomic mass is 16.5. The van der Waals surface area contributed by atoms with Gasteiger partial charge in [0.05, 0.1) is 6.10 Å². The number of nitrogens with zero attached hydrogens (tertiary/aromatic N) is 1. The summed E-state index contributed by atoms with van der Waals surface area (Å²) in [6.45, 7) is 10.0. The Kier molecular flexibility index (Phi) is 7.33. The quantitative estimate of drug-likeness (QED) is 0.737. The fraction of sp³-hybridized carbons (Fsp3) is 1.00. The molecule has 0 radical (unpaired) electrons. The molecule has 0 unspecified atom stereocenters. The topological polar surface area (TPSA) is 38.5 Å². The van der Waals surface area contributed by atoms with E-state index in [1.807, 2.05) is 7.11 Å². The van der Waals surface area contributed by atoms with Crippen molar-refractivity contribution in [1.29, 1.82) is 0 Å². The maximum absolute atomic E-state index is 6.18. The van der Waals surface area contributed by atoms with Crippen molar-refractivity contribution in [3.05, 3.63) is 0 Å². The Bertz CT molecular complexity index is 233. The van der Waals surface area contributed by atoms with Crippen LogP contribution in [0.4, 0.5) is 0 Å². The monoisotopic (exact) mass is 270 g/mol. The van der Waals surface area contributed by atoms with E-state index >= 15 is 0 Å². The lowest BCUT2D eigenvalue weighted by atomic mass is 9.78. The van der Waals surface area contributed by atoms with Crippen molar-refractivity contribution in [2.24, 2.45) is 11.7 Å². The van der Waals surface area contributed by atoms with Crippen LogP contribution in [-0.2, 0) is 4.74 Å². The number of nitrogens with two attached hydrogens (primary N) is 1. The van der Waals surface area contributed by atoms with Crippen LogP contribution in [0, 0.1) is 5.92 Å². The fourth-order valence-corrected chi connectivity index (χ4v) is 3.53. The molecule has 0 amide bonds. The van der Waals surface area contributed by atoms with Gasteiger partial charge in [-0.3, -0.25) is 4.90 Å². The van der Waals surface area contributed by atoms with Gasteiger partial charge in [0.15, 0.2) is 0 Å². The number of hydrogen-bond acceptors (Lipinski definition) is 3. The smallest absolute Gasteiger partial charge is 0.0572 e. The van der Waals surface area contributed by atoms with E-state index in [-0.39, 0.29) is 5.54 Å². The molecule has 0 aliphatic heterocycles. The molecule has 1 saturated carbocycles. The highest BCUT2D eigenvalue weighted by Gasteiger charge is 2.39. The summed E-state index contributed by atoms with van der Waals surface area (Å²) in [6, 6.07) is 0. The summed E-state index contributed by atoms with van der Waals surface area (Å²) in [5, 5.41) is 0. The SMILES string of the molecule is CCC(CC)CN(CC)C1(CN)CCC(OC)CC1. The lowest BCUT2D eigenvalue weighted by Gasteiger charge is -2.48. The molecule has 0 aromatic carbocycles. The molecule has 1 aliphatic carbocycles. The second-order valence-electron chi connectivity index (χ2n) is 6.08. The fourth-order valence-electron chi connectivity index (χ4n) is 3.53. The van der Waals surface area contributed by atoms with Crippen LogP contribution in [0.3, 0.4) is 0 Å². The van der Waals surface area contributed by atoms with Crippen LogP contribution in [-0.4, -0.2) is 43.3 Å². The molecular formula is C16H34N2O. The zero-order chi connectivity index (χ0) is 14.3. The third kappa shape index (κ3) is 4.17. The van der Waals surface area contributed by atoms with Crippen molar-refractivity contribution in [3.8, 4) is 0 Å². The van der Waals surface area contributed by atoms with Crippen molar-refractivity contribution in [3.63, 3.8) is 0 Å². The molecule has 0 saturated heterocycles. The molecule has 0 atom stereocenters. The van der Waals surface area contributed by atoms with Crippen molar-refractivity contribution < 1.29 is 4.74 Å². The summed E-state index contributed by atoms with van der Waals surface area (Å²) >= 11 is 0. The van der Waals surface area contributed by atoms with Gasteiger partial charge in [0, 0.05) is 25.7 Å². The van der Waals surface area contributed by atoms with Crippen molar-refractivity contribution in [1.82, 2.24) is 4.90 Å². The lowest BCUT2D eigenvalue weighted by Crippen LogP contribution is -2.57. The van der Waals surface area contributed by atoms with Crippen molar-refractivity contribution in [2.75, 3.05) is 26.7 Å². The van der Waals surface area contributed by atoms with Crippen LogP contribution in [0.1, 0.15) is 59.3 Å². The van der Waals surface area contributed by atoms with Gasteiger partial charge in [0.25, 0.3) is 0 Å². The van der Waals surface area contributed by atoms with E-state index in [4.69, 9.17) is 10.5 Å². The molecule has 0 aromatic heterocycles. The summed E-state index contributed by atoms with van der Waals surface area (Å²) in [5.41, 5.74) is 6.41. The molecule has 2 N–H and O–H groups in total. The van der Waals surface area contributed by atoms with Crippen LogP contribution in [0.15, 0.2) is 0 Å². The maximum atomic E-state index is 6.18. The molecule has 3 heteroatoms. The van der Waals surface area contributed by atoms with Gasteiger partial charge in [0.2, 0.25) is 0 Å². The van der Waals surface area contributed by atoms with E-state index in [9.17, 15) is 0 Å². The molecular weight excluding hydrogens is 236 g/mol. The zero-order valence-electron chi connectivity index (χ0n) is 13.5. The molecule has 0 aromatic rings. The molecule has 114 valence electrons. The summed E-state index contributed by atoms with van der Waals surface area (Å²) in [5.74, 6) is 0.809. The van der Waals surface area contributed by atoms with Gasteiger partial charge >= 0.3 is 0 Å². The van der Waals surface area contributed by atoms with Crippen LogP contribution in [0.2, 0.25) is 0 Å². The molecule has 1 aliphatic rings. The van der Waals surface area contributed by atoms with E-state index in [2.05, 4.69) is 25.7 Å². The molecule has 0 spiro atoms. The van der Waals surface area contributed by atoms with Gasteiger partial charge < -0.3 is 10.5 Å². The minimum atomic E-state index is 0.229. The predicted octanol–water partition coefficient (Wildman–Crippen LogP) is 3.03. The highest BCUT2D eigenvalue weighted by Crippen LogP contribution is 2.35. The standard InChI is InChI=1S/C16H34N2O/c1-5-14(6-2)12-18(7-3)16(13-17)10-8-15(19-4)9-11-16/h14-15H,5-13,17H2,1-4H3. The molecule has 3 nitrogen and oxygen atoms in total. The van der Waals surface area contributed by atoms with Gasteiger partial charge in [-0.05, 0) is 38.1 Å². The summed E-state index contributed by atoms with van der Waals surface area (Å²) < 4.78 is 5.51. The number of likely N-dealkylation sites (N-methyl/N-ethyl adjacent to an activating group) is 1. The van der Waals surface area contributed by atoms with Gasteiger partial charge in [0.1, 0.15) is 0 Å². The van der Waals surface area contributed by atoms with Crippen LogP contribution < -0.4 is 5.73 Å². The largest absolute Gasteiger partial charge is 0.381 e. The molecule has 19 heavy (non-hydrogen) atoms. The highest BCUT2D eigenvalue weighted by molar-refractivity contribution is 4.96. The summed E-state index contributed by atoms with van der Waals surface area (Å²) in [4.78, 5) is 2.66. The third-order valence-electron chi connectivity index (χ3n) is 5.26. The Labute approximate surface area is 119 Å². The van der Waals surface area contributed by atoms with Crippen LogP contribution in [0.25, 0.3) is 0 Å². The Morgan fingerprint density at radius 1 is 1.21 bits per heavy atom. The first kappa shape index (κ1) is 16.9. The lowest BCUT2D eigenvalue weighted by molar-refractivity contribution is -0.0113. The van der Waals surface area contributed by atoms with E-state index < -0.39 is 0 Å². The van der Waals surface area contributed by atoms with E-state index in [1.54, 1.807) is 0 Å². The number of rotatable bonds is 8. The first-order valence-electron chi connectivity index (χ1n) is 8.13. The van der Waals surface area contributed by atoms with Crippen LogP contribution >= 0.6 is 0 Å². The normalized spacial score (nSPS) is 28.3. The first-order valence-corrected chi connectivity index (χ1v) is 8.13. The van der Waals surface area contributed by atoms with E-state index in [1.165, 1.54) is 32.2 Å². The zero-order valence-corrected chi connectivity index (χ0v) is 13.5. The second kappa shape index (κ2) is 8.23. The van der Waals surface area contributed by atoms with Crippen LogP contribution in [0.5, 0.6) is 0 Å². The van der Waals surface area contributed by atoms with Gasteiger partial charge in [-0.1, -0.05) is 33.6 Å². The predicted molar refractivity (Wildman–Crippen MR) is 82.4 cm³/mol. The van der Waals surface area contributed by atoms with Gasteiger partial charge in [-0.25, -0.2) is 0 Å². The van der Waals surface area contributed by atoms with E-state index in [0.29, 0.717) is 6.10 Å². The Hall–Kier alpha value is -0.120. The second-order valence-corrected chi connectivity index (χ2v) is 6.08. The summed E-state index contributed by atoms with van der Waals surface area (Å²) in [6.07, 6.45) is 7.70. The minimum absolute atomic E-state index is 0.229. The first-order chi connectivity index (χ1) is 9.15. The Balaban J connectivity index is 2.69. The van der Waals surface area contributed by atoms with Crippen molar-refractivity contribution >= 4 is 0 Å². The average molecular weight is 270 g/mol. The molecule has 1 fully saturated rings. The van der Waals surface area contributed by atoms with Gasteiger partial charge in [-0.2, -0.15) is 0 Å². The number of ether oxygens (including phenoxy) is 1. The molecule has 1 rings (SSSR count). The summed E-state index contributed by atoms with van der Waals surface area (Å²) in [7, 11) is 1.84. The molecule has 0 bridgehead atoms.